The summed E-state index contributed by atoms with van der Waals surface area (Å²) < 4.78 is 12.0. The van der Waals surface area contributed by atoms with Crippen molar-refractivity contribution in [3.63, 3.8) is 0 Å². The molecule has 2 fully saturated rings. The number of nitrogens with zero attached hydrogens (tertiary/aromatic N) is 3. The van der Waals surface area contributed by atoms with E-state index >= 15 is 0 Å². The molecule has 0 unspecified atom stereocenters. The molecule has 9 heteroatoms. The zero-order chi connectivity index (χ0) is 18.2. The van der Waals surface area contributed by atoms with Gasteiger partial charge in [-0.2, -0.15) is 0 Å². The summed E-state index contributed by atoms with van der Waals surface area (Å²) in [7, 11) is -0.468. The van der Waals surface area contributed by atoms with Crippen molar-refractivity contribution in [1.29, 1.82) is 0 Å². The largest absolute Gasteiger partial charge is 0.498 e. The van der Waals surface area contributed by atoms with E-state index in [1.54, 1.807) is 12.4 Å². The Balaban J connectivity index is 1.61. The third-order valence-electron chi connectivity index (χ3n) is 5.29. The first-order valence-corrected chi connectivity index (χ1v) is 8.60. The van der Waals surface area contributed by atoms with Gasteiger partial charge < -0.3 is 24.6 Å². The summed E-state index contributed by atoms with van der Waals surface area (Å²) in [4.78, 5) is 21.7. The zero-order valence-corrected chi connectivity index (χ0v) is 15.2. The fraction of sp³-hybridized carbons (Fsp3) is 0.688. The molecular weight excluding hydrogens is 323 g/mol. The van der Waals surface area contributed by atoms with Crippen LogP contribution in [0.2, 0.25) is 0 Å². The van der Waals surface area contributed by atoms with Crippen LogP contribution in [0.3, 0.4) is 0 Å². The van der Waals surface area contributed by atoms with Gasteiger partial charge >= 0.3 is 13.2 Å². The Bertz CT molecular complexity index is 614. The number of amides is 1. The lowest BCUT2D eigenvalue weighted by Gasteiger charge is -2.32. The Morgan fingerprint density at radius 2 is 1.72 bits per heavy atom. The molecule has 2 aliphatic rings. The molecule has 2 saturated heterocycles. The molecule has 0 atom stereocenters. The van der Waals surface area contributed by atoms with Gasteiger partial charge in [-0.1, -0.05) is 0 Å². The van der Waals surface area contributed by atoms with Crippen LogP contribution in [-0.4, -0.2) is 58.6 Å². The first kappa shape index (κ1) is 17.9. The highest BCUT2D eigenvalue weighted by atomic mass is 16.7. The zero-order valence-electron chi connectivity index (χ0n) is 15.2. The van der Waals surface area contributed by atoms with E-state index in [4.69, 9.17) is 14.4 Å². The summed E-state index contributed by atoms with van der Waals surface area (Å²) in [5, 5.41) is 11.3. The third-order valence-corrected chi connectivity index (χ3v) is 5.29. The first-order valence-electron chi connectivity index (χ1n) is 8.60. The van der Waals surface area contributed by atoms with E-state index in [0.29, 0.717) is 5.95 Å². The molecule has 0 radical (unpaired) electrons. The van der Waals surface area contributed by atoms with Crippen LogP contribution < -0.4 is 15.7 Å². The van der Waals surface area contributed by atoms with Crippen LogP contribution in [-0.2, 0) is 9.31 Å². The van der Waals surface area contributed by atoms with Gasteiger partial charge in [0.15, 0.2) is 0 Å². The molecule has 1 amide bonds. The number of carbonyl (C=O) groups is 1. The summed E-state index contributed by atoms with van der Waals surface area (Å²) in [6.07, 6.45) is 4.00. The number of carboxylic acid groups (broad SMARTS) is 1. The molecule has 2 N–H and O–H groups in total. The van der Waals surface area contributed by atoms with Crippen LogP contribution >= 0.6 is 0 Å². The lowest BCUT2D eigenvalue weighted by atomic mass is 9.81. The van der Waals surface area contributed by atoms with Gasteiger partial charge in [-0.3, -0.25) is 0 Å². The summed E-state index contributed by atoms with van der Waals surface area (Å²) >= 11 is 0. The molecular formula is C16H25BN4O4. The molecule has 1 aromatic rings. The van der Waals surface area contributed by atoms with Crippen molar-refractivity contribution in [1.82, 2.24) is 15.3 Å². The molecule has 0 aliphatic carbocycles. The van der Waals surface area contributed by atoms with E-state index in [0.717, 1.165) is 31.4 Å². The Morgan fingerprint density at radius 1 is 1.20 bits per heavy atom. The van der Waals surface area contributed by atoms with E-state index in [9.17, 15) is 4.79 Å². The highest BCUT2D eigenvalue weighted by molar-refractivity contribution is 6.61. The second kappa shape index (κ2) is 6.46. The number of nitrogens with one attached hydrogen (secondary N) is 1. The minimum absolute atomic E-state index is 0.00206. The number of hydrogen-bond donors (Lipinski definition) is 2. The van der Waals surface area contributed by atoms with Gasteiger partial charge in [0.2, 0.25) is 5.95 Å². The monoisotopic (exact) mass is 348 g/mol. The molecule has 0 aromatic carbocycles. The minimum Gasteiger partial charge on any atom is -0.465 e. The molecule has 8 nitrogen and oxygen atoms in total. The topological polar surface area (TPSA) is 96.8 Å². The number of piperidine rings is 1. The normalized spacial score (nSPS) is 22.9. The molecule has 0 saturated carbocycles. The van der Waals surface area contributed by atoms with Gasteiger partial charge in [0.1, 0.15) is 0 Å². The lowest BCUT2D eigenvalue weighted by molar-refractivity contribution is 0.00578. The standard InChI is InChI=1S/C16H25BN4O4/c1-15(2)16(3,4)25-17(24-15)11-9-18-13(19-10-11)21-7-5-12(6-8-21)20-14(22)23/h9-10,12,20H,5-8H2,1-4H3,(H,22,23). The molecule has 3 rings (SSSR count). The van der Waals surface area contributed by atoms with Gasteiger partial charge in [0, 0.05) is 37.0 Å². The highest BCUT2D eigenvalue weighted by Gasteiger charge is 2.52. The van der Waals surface area contributed by atoms with Gasteiger partial charge in [-0.25, -0.2) is 14.8 Å². The molecule has 136 valence electrons. The van der Waals surface area contributed by atoms with Crippen LogP contribution in [0.5, 0.6) is 0 Å². The molecule has 25 heavy (non-hydrogen) atoms. The van der Waals surface area contributed by atoms with Crippen molar-refractivity contribution in [3.8, 4) is 0 Å². The SMILES string of the molecule is CC1(C)OB(c2cnc(N3CCC(NC(=O)O)CC3)nc2)OC1(C)C. The van der Waals surface area contributed by atoms with Crippen molar-refractivity contribution in [2.75, 3.05) is 18.0 Å². The maximum atomic E-state index is 10.7. The molecule has 2 aliphatic heterocycles. The third kappa shape index (κ3) is 3.72. The second-order valence-corrected chi connectivity index (χ2v) is 7.62. The van der Waals surface area contributed by atoms with Crippen LogP contribution in [0.1, 0.15) is 40.5 Å². The fourth-order valence-corrected chi connectivity index (χ4v) is 2.99. The van der Waals surface area contributed by atoms with Crippen LogP contribution in [0.25, 0.3) is 0 Å². The Morgan fingerprint density at radius 3 is 2.20 bits per heavy atom. The Hall–Kier alpha value is -1.87. The van der Waals surface area contributed by atoms with E-state index in [1.165, 1.54) is 0 Å². The maximum Gasteiger partial charge on any atom is 0.498 e. The van der Waals surface area contributed by atoms with E-state index in [1.807, 2.05) is 27.7 Å². The summed E-state index contributed by atoms with van der Waals surface area (Å²) in [5.41, 5.74) is 0.00916. The van der Waals surface area contributed by atoms with Crippen molar-refractivity contribution >= 4 is 24.6 Å². The number of rotatable bonds is 3. The van der Waals surface area contributed by atoms with Gasteiger partial charge in [-0.15, -0.1) is 0 Å². The quantitative estimate of drug-likeness (QED) is 0.787. The highest BCUT2D eigenvalue weighted by Crippen LogP contribution is 2.36. The van der Waals surface area contributed by atoms with Crippen molar-refractivity contribution < 1.29 is 19.2 Å². The molecule has 0 bridgehead atoms. The van der Waals surface area contributed by atoms with Gasteiger partial charge in [-0.05, 0) is 40.5 Å². The summed E-state index contributed by atoms with van der Waals surface area (Å²) in [5.74, 6) is 0.647. The van der Waals surface area contributed by atoms with E-state index < -0.39 is 24.4 Å². The lowest BCUT2D eigenvalue weighted by Crippen LogP contribution is -2.45. The summed E-state index contributed by atoms with van der Waals surface area (Å²) in [6, 6.07) is -0.00206. The molecule has 3 heterocycles. The Labute approximate surface area is 148 Å². The van der Waals surface area contributed by atoms with Crippen molar-refractivity contribution in [2.24, 2.45) is 0 Å². The second-order valence-electron chi connectivity index (χ2n) is 7.62. The first-order chi connectivity index (χ1) is 11.7. The van der Waals surface area contributed by atoms with E-state index in [-0.39, 0.29) is 6.04 Å². The van der Waals surface area contributed by atoms with Crippen LogP contribution in [0, 0.1) is 0 Å². The smallest absolute Gasteiger partial charge is 0.465 e. The van der Waals surface area contributed by atoms with Crippen LogP contribution in [0.15, 0.2) is 12.4 Å². The predicted molar refractivity (Wildman–Crippen MR) is 94.1 cm³/mol. The summed E-state index contributed by atoms with van der Waals surface area (Å²) in [6.45, 7) is 9.49. The van der Waals surface area contributed by atoms with Crippen molar-refractivity contribution in [3.05, 3.63) is 12.4 Å². The maximum absolute atomic E-state index is 10.7. The average molecular weight is 348 g/mol. The van der Waals surface area contributed by atoms with Gasteiger partial charge in [0.25, 0.3) is 0 Å². The number of aromatic nitrogens is 2. The average Bonchev–Trinajstić information content (AvgIpc) is 2.76. The molecule has 0 spiro atoms. The Kier molecular flexibility index (Phi) is 4.63. The number of anilines is 1. The fourth-order valence-electron chi connectivity index (χ4n) is 2.99. The van der Waals surface area contributed by atoms with Crippen molar-refractivity contribution in [2.45, 2.75) is 57.8 Å². The predicted octanol–water partition coefficient (Wildman–Crippen LogP) is 1.01. The van der Waals surface area contributed by atoms with Gasteiger partial charge in [0.05, 0.1) is 11.2 Å². The van der Waals surface area contributed by atoms with Crippen LogP contribution in [0.4, 0.5) is 10.7 Å². The number of hydrogen-bond acceptors (Lipinski definition) is 6. The molecule has 1 aromatic heterocycles. The van der Waals surface area contributed by atoms with E-state index in [2.05, 4.69) is 20.2 Å². The minimum atomic E-state index is -0.971.